The molecule has 1 fully saturated rings. The number of carbonyl (C=O) groups is 3. The van der Waals surface area contributed by atoms with Gasteiger partial charge in [-0.25, -0.2) is 4.79 Å². The number of imide groups is 1. The molecule has 8 nitrogen and oxygen atoms in total. The minimum atomic E-state index is -1.04. The Morgan fingerprint density at radius 1 is 1.09 bits per heavy atom. The summed E-state index contributed by atoms with van der Waals surface area (Å²) in [7, 11) is 0. The number of hydrogen-bond acceptors (Lipinski definition) is 5. The lowest BCUT2D eigenvalue weighted by Gasteiger charge is -2.25. The van der Waals surface area contributed by atoms with E-state index in [0.29, 0.717) is 37.6 Å². The maximum absolute atomic E-state index is 13.1. The SMILES string of the molecule is CC(C)C(NC(=O)CN1C(=O)NC(C)(CCc2ccccc2)C1=O)c1ccc2c(c1)OCCCO2. The summed E-state index contributed by atoms with van der Waals surface area (Å²) in [5.41, 5.74) is 0.920. The standard InChI is InChI=1S/C27H33N3O5/c1-18(2)24(20-10-11-21-22(16-20)35-15-7-14-34-21)28-23(31)17-30-25(32)27(3,29-26(30)33)13-12-19-8-5-4-6-9-19/h4-6,8-11,16,18,24H,7,12-15,17H2,1-3H3,(H,28,31)(H,29,33). The first kappa shape index (κ1) is 24.6. The van der Waals surface area contributed by atoms with Crippen LogP contribution in [0.25, 0.3) is 0 Å². The van der Waals surface area contributed by atoms with Gasteiger partial charge in [-0.15, -0.1) is 0 Å². The van der Waals surface area contributed by atoms with Crippen LogP contribution < -0.4 is 20.1 Å². The lowest BCUT2D eigenvalue weighted by Crippen LogP contribution is -2.46. The fourth-order valence-electron chi connectivity index (χ4n) is 4.47. The Balaban J connectivity index is 1.41. The van der Waals surface area contributed by atoms with Crippen molar-refractivity contribution in [3.8, 4) is 11.5 Å². The molecule has 2 aliphatic rings. The Bertz CT molecular complexity index is 1090. The number of hydrogen-bond donors (Lipinski definition) is 2. The monoisotopic (exact) mass is 479 g/mol. The lowest BCUT2D eigenvalue weighted by atomic mass is 9.93. The molecule has 186 valence electrons. The highest BCUT2D eigenvalue weighted by Gasteiger charge is 2.48. The lowest BCUT2D eigenvalue weighted by molar-refractivity contribution is -0.135. The fourth-order valence-corrected chi connectivity index (χ4v) is 4.47. The molecule has 2 aromatic rings. The molecule has 4 rings (SSSR count). The third-order valence-electron chi connectivity index (χ3n) is 6.52. The second-order valence-electron chi connectivity index (χ2n) is 9.69. The van der Waals surface area contributed by atoms with E-state index in [9.17, 15) is 14.4 Å². The van der Waals surface area contributed by atoms with Crippen LogP contribution >= 0.6 is 0 Å². The summed E-state index contributed by atoms with van der Waals surface area (Å²) < 4.78 is 11.5. The molecule has 2 unspecified atom stereocenters. The van der Waals surface area contributed by atoms with E-state index >= 15 is 0 Å². The molecule has 8 heteroatoms. The molecule has 1 saturated heterocycles. The quantitative estimate of drug-likeness (QED) is 0.564. The zero-order chi connectivity index (χ0) is 25.0. The van der Waals surface area contributed by atoms with Gasteiger partial charge >= 0.3 is 6.03 Å². The number of carbonyl (C=O) groups excluding carboxylic acids is 3. The fraction of sp³-hybridized carbons (Fsp3) is 0.444. The first-order valence-electron chi connectivity index (χ1n) is 12.1. The van der Waals surface area contributed by atoms with Crippen molar-refractivity contribution in [2.75, 3.05) is 19.8 Å². The summed E-state index contributed by atoms with van der Waals surface area (Å²) in [6.07, 6.45) is 1.90. The Morgan fingerprint density at radius 3 is 2.51 bits per heavy atom. The molecule has 0 bridgehead atoms. The largest absolute Gasteiger partial charge is 0.490 e. The van der Waals surface area contributed by atoms with E-state index in [1.807, 2.05) is 62.4 Å². The highest BCUT2D eigenvalue weighted by molar-refractivity contribution is 6.08. The van der Waals surface area contributed by atoms with Gasteiger partial charge in [0.2, 0.25) is 5.91 Å². The normalized spacial score (nSPS) is 20.4. The van der Waals surface area contributed by atoms with Gasteiger partial charge in [0.05, 0.1) is 19.3 Å². The highest BCUT2D eigenvalue weighted by atomic mass is 16.5. The number of fused-ring (bicyclic) bond motifs is 1. The molecular weight excluding hydrogens is 446 g/mol. The second-order valence-corrected chi connectivity index (χ2v) is 9.69. The van der Waals surface area contributed by atoms with Crippen molar-refractivity contribution in [3.63, 3.8) is 0 Å². The van der Waals surface area contributed by atoms with Gasteiger partial charge in [0.25, 0.3) is 5.91 Å². The van der Waals surface area contributed by atoms with Crippen molar-refractivity contribution >= 4 is 17.8 Å². The van der Waals surface area contributed by atoms with E-state index in [1.165, 1.54) is 0 Å². The molecule has 2 atom stereocenters. The van der Waals surface area contributed by atoms with Gasteiger partial charge in [-0.2, -0.15) is 0 Å². The molecule has 2 aromatic carbocycles. The smallest absolute Gasteiger partial charge is 0.325 e. The maximum Gasteiger partial charge on any atom is 0.325 e. The van der Waals surface area contributed by atoms with Crippen LogP contribution in [0.3, 0.4) is 0 Å². The predicted octanol–water partition coefficient (Wildman–Crippen LogP) is 3.60. The summed E-state index contributed by atoms with van der Waals surface area (Å²) in [5, 5.41) is 5.78. The predicted molar refractivity (Wildman–Crippen MR) is 131 cm³/mol. The van der Waals surface area contributed by atoms with Crippen molar-refractivity contribution in [3.05, 3.63) is 59.7 Å². The van der Waals surface area contributed by atoms with Gasteiger partial charge in [0, 0.05) is 6.42 Å². The number of benzene rings is 2. The Hall–Kier alpha value is -3.55. The number of ether oxygens (including phenoxy) is 2. The van der Waals surface area contributed by atoms with Crippen LogP contribution in [0.2, 0.25) is 0 Å². The zero-order valence-corrected chi connectivity index (χ0v) is 20.5. The third kappa shape index (κ3) is 5.58. The molecule has 35 heavy (non-hydrogen) atoms. The molecule has 2 N–H and O–H groups in total. The van der Waals surface area contributed by atoms with Crippen LogP contribution in [-0.2, 0) is 16.0 Å². The second kappa shape index (κ2) is 10.4. The summed E-state index contributed by atoms with van der Waals surface area (Å²) in [5.74, 6) is 0.636. The van der Waals surface area contributed by atoms with Gasteiger partial charge in [0.1, 0.15) is 12.1 Å². The number of rotatable bonds is 8. The Kier molecular flexibility index (Phi) is 7.28. The van der Waals surface area contributed by atoms with Gasteiger partial charge in [0.15, 0.2) is 11.5 Å². The average molecular weight is 480 g/mol. The number of nitrogens with zero attached hydrogens (tertiary/aromatic N) is 1. The van der Waals surface area contributed by atoms with Crippen LogP contribution in [0.1, 0.15) is 50.8 Å². The minimum absolute atomic E-state index is 0.0722. The maximum atomic E-state index is 13.1. The molecule has 0 aliphatic carbocycles. The van der Waals surface area contributed by atoms with E-state index in [2.05, 4.69) is 10.6 Å². The number of nitrogens with one attached hydrogen (secondary N) is 2. The van der Waals surface area contributed by atoms with Crippen molar-refractivity contribution in [1.82, 2.24) is 15.5 Å². The van der Waals surface area contributed by atoms with E-state index in [-0.39, 0.29) is 24.4 Å². The molecule has 2 heterocycles. The Labute approximate surface area is 206 Å². The Morgan fingerprint density at radius 2 is 1.80 bits per heavy atom. The van der Waals surface area contributed by atoms with Crippen molar-refractivity contribution in [2.45, 2.75) is 51.6 Å². The third-order valence-corrected chi connectivity index (χ3v) is 6.52. The molecule has 4 amide bonds. The molecule has 0 spiro atoms. The van der Waals surface area contributed by atoms with E-state index in [0.717, 1.165) is 22.4 Å². The summed E-state index contributed by atoms with van der Waals surface area (Å²) in [6, 6.07) is 14.6. The van der Waals surface area contributed by atoms with Crippen LogP contribution in [0.15, 0.2) is 48.5 Å². The highest BCUT2D eigenvalue weighted by Crippen LogP contribution is 2.34. The molecule has 2 aliphatic heterocycles. The summed E-state index contributed by atoms with van der Waals surface area (Å²) in [4.78, 5) is 39.7. The van der Waals surface area contributed by atoms with E-state index in [1.54, 1.807) is 6.92 Å². The van der Waals surface area contributed by atoms with Crippen LogP contribution in [0.4, 0.5) is 4.79 Å². The first-order chi connectivity index (χ1) is 16.8. The van der Waals surface area contributed by atoms with Crippen molar-refractivity contribution in [1.29, 1.82) is 0 Å². The van der Waals surface area contributed by atoms with Crippen molar-refractivity contribution in [2.24, 2.45) is 5.92 Å². The molecule has 0 saturated carbocycles. The van der Waals surface area contributed by atoms with E-state index < -0.39 is 17.5 Å². The van der Waals surface area contributed by atoms with Gasteiger partial charge < -0.3 is 20.1 Å². The zero-order valence-electron chi connectivity index (χ0n) is 20.5. The molecule has 0 radical (unpaired) electrons. The summed E-state index contributed by atoms with van der Waals surface area (Å²) >= 11 is 0. The van der Waals surface area contributed by atoms with Crippen LogP contribution in [0.5, 0.6) is 11.5 Å². The van der Waals surface area contributed by atoms with E-state index in [4.69, 9.17) is 9.47 Å². The van der Waals surface area contributed by atoms with Crippen LogP contribution in [-0.4, -0.2) is 48.0 Å². The summed E-state index contributed by atoms with van der Waals surface area (Å²) in [6.45, 7) is 6.56. The number of urea groups is 1. The minimum Gasteiger partial charge on any atom is -0.490 e. The first-order valence-corrected chi connectivity index (χ1v) is 12.1. The molecule has 0 aromatic heterocycles. The van der Waals surface area contributed by atoms with Gasteiger partial charge in [-0.05, 0) is 48.9 Å². The van der Waals surface area contributed by atoms with Gasteiger partial charge in [-0.1, -0.05) is 50.2 Å². The van der Waals surface area contributed by atoms with Crippen molar-refractivity contribution < 1.29 is 23.9 Å². The topological polar surface area (TPSA) is 97.0 Å². The van der Waals surface area contributed by atoms with Gasteiger partial charge in [-0.3, -0.25) is 14.5 Å². The average Bonchev–Trinajstić information content (AvgIpc) is 3.00. The number of amides is 4. The molecular formula is C27H33N3O5. The van der Waals surface area contributed by atoms with Crippen LogP contribution in [0, 0.1) is 5.92 Å². The number of aryl methyl sites for hydroxylation is 1.